The molecule has 0 bridgehead atoms. The van der Waals surface area contributed by atoms with Crippen LogP contribution in [0.1, 0.15) is 52.1 Å². The fourth-order valence-electron chi connectivity index (χ4n) is 5.42. The van der Waals surface area contributed by atoms with E-state index in [9.17, 15) is 9.90 Å². The number of β-amino-alcohol motifs (C(OH)–C–C–N with tert-alkyl or cyclic N) is 1. The van der Waals surface area contributed by atoms with Gasteiger partial charge in [-0.15, -0.1) is 0 Å². The second kappa shape index (κ2) is 11.3. The fourth-order valence-corrected chi connectivity index (χ4v) is 5.42. The zero-order valence-electron chi connectivity index (χ0n) is 21.1. The first-order valence-electron chi connectivity index (χ1n) is 13.1. The molecule has 1 N–H and O–H groups in total. The summed E-state index contributed by atoms with van der Waals surface area (Å²) >= 11 is 0. The zero-order chi connectivity index (χ0) is 24.9. The van der Waals surface area contributed by atoms with Crippen LogP contribution in [0.2, 0.25) is 0 Å². The van der Waals surface area contributed by atoms with Gasteiger partial charge in [-0.2, -0.15) is 5.10 Å². The number of likely N-dealkylation sites (tertiary alicyclic amines) is 1. The van der Waals surface area contributed by atoms with E-state index in [4.69, 9.17) is 9.84 Å². The molecule has 2 aliphatic rings. The number of aliphatic hydroxyl groups excluding tert-OH is 1. The van der Waals surface area contributed by atoms with Crippen molar-refractivity contribution >= 4 is 5.91 Å². The van der Waals surface area contributed by atoms with Crippen LogP contribution in [0.3, 0.4) is 0 Å². The first kappa shape index (κ1) is 24.5. The minimum atomic E-state index is -0.452. The Bertz CT molecular complexity index is 1180. The Morgan fingerprint density at radius 1 is 1.11 bits per heavy atom. The highest BCUT2D eigenvalue weighted by Crippen LogP contribution is 2.26. The number of fused-ring (bicyclic) bond motifs is 1. The molecule has 0 aliphatic carbocycles. The highest BCUT2D eigenvalue weighted by molar-refractivity contribution is 5.94. The molecule has 0 spiro atoms. The molecule has 0 unspecified atom stereocenters. The Kier molecular flexibility index (Phi) is 7.68. The molecule has 5 rings (SSSR count). The van der Waals surface area contributed by atoms with Crippen molar-refractivity contribution in [3.63, 3.8) is 0 Å². The van der Waals surface area contributed by atoms with Gasteiger partial charge in [-0.1, -0.05) is 42.5 Å². The van der Waals surface area contributed by atoms with Crippen molar-refractivity contribution in [3.8, 4) is 5.75 Å². The highest BCUT2D eigenvalue weighted by Gasteiger charge is 2.32. The van der Waals surface area contributed by atoms with Gasteiger partial charge in [0.2, 0.25) is 0 Å². The minimum Gasteiger partial charge on any atom is -0.497 e. The van der Waals surface area contributed by atoms with Gasteiger partial charge < -0.3 is 14.7 Å². The summed E-state index contributed by atoms with van der Waals surface area (Å²) in [7, 11) is 1.67. The third kappa shape index (κ3) is 5.63. The molecule has 0 saturated carbocycles. The van der Waals surface area contributed by atoms with Crippen molar-refractivity contribution in [1.29, 1.82) is 0 Å². The molecule has 36 heavy (non-hydrogen) atoms. The van der Waals surface area contributed by atoms with Gasteiger partial charge in [0.05, 0.1) is 19.8 Å². The Labute approximate surface area is 213 Å². The lowest BCUT2D eigenvalue weighted by molar-refractivity contribution is 0.0466. The molecule has 7 heteroatoms. The number of amides is 1. The molecule has 2 aliphatic heterocycles. The normalized spacial score (nSPS) is 18.2. The summed E-state index contributed by atoms with van der Waals surface area (Å²) in [6, 6.07) is 18.6. The predicted molar refractivity (Wildman–Crippen MR) is 139 cm³/mol. The number of rotatable bonds is 8. The van der Waals surface area contributed by atoms with Gasteiger partial charge in [0.1, 0.15) is 5.75 Å². The van der Waals surface area contributed by atoms with Crippen LogP contribution in [0.15, 0.2) is 54.6 Å². The van der Waals surface area contributed by atoms with E-state index in [1.807, 2.05) is 22.9 Å². The summed E-state index contributed by atoms with van der Waals surface area (Å²) in [5.74, 6) is 0.761. The summed E-state index contributed by atoms with van der Waals surface area (Å²) in [5, 5.41) is 15.0. The van der Waals surface area contributed by atoms with Crippen LogP contribution in [-0.2, 0) is 25.9 Å². The largest absolute Gasteiger partial charge is 0.497 e. The first-order valence-corrected chi connectivity index (χ1v) is 13.1. The van der Waals surface area contributed by atoms with Gasteiger partial charge in [0.15, 0.2) is 5.69 Å². The van der Waals surface area contributed by atoms with E-state index >= 15 is 0 Å². The lowest BCUT2D eigenvalue weighted by Gasteiger charge is -2.31. The number of benzene rings is 2. The molecule has 0 radical (unpaired) electrons. The summed E-state index contributed by atoms with van der Waals surface area (Å²) in [5.41, 5.74) is 5.21. The maximum absolute atomic E-state index is 13.6. The summed E-state index contributed by atoms with van der Waals surface area (Å²) in [6.07, 6.45) is 4.13. The number of methoxy groups -OCH3 is 1. The van der Waals surface area contributed by atoms with Crippen LogP contribution in [0.25, 0.3) is 0 Å². The Morgan fingerprint density at radius 3 is 2.75 bits per heavy atom. The first-order chi connectivity index (χ1) is 17.6. The maximum atomic E-state index is 13.6. The third-order valence-corrected chi connectivity index (χ3v) is 7.35. The number of hydrogen-bond donors (Lipinski definition) is 1. The van der Waals surface area contributed by atoms with E-state index in [2.05, 4.69) is 41.3 Å². The number of aromatic nitrogens is 2. The third-order valence-electron chi connectivity index (χ3n) is 7.35. The van der Waals surface area contributed by atoms with E-state index in [-0.39, 0.29) is 5.91 Å². The van der Waals surface area contributed by atoms with Crippen molar-refractivity contribution in [1.82, 2.24) is 19.6 Å². The second-order valence-electron chi connectivity index (χ2n) is 9.95. The average Bonchev–Trinajstić information content (AvgIpc) is 3.26. The van der Waals surface area contributed by atoms with Crippen LogP contribution in [-0.4, -0.2) is 70.0 Å². The summed E-state index contributed by atoms with van der Waals surface area (Å²) < 4.78 is 7.41. The van der Waals surface area contributed by atoms with Crippen molar-refractivity contribution in [2.75, 3.05) is 33.3 Å². The lowest BCUT2D eigenvalue weighted by Crippen LogP contribution is -2.43. The fraction of sp³-hybridized carbons (Fsp3) is 0.448. The van der Waals surface area contributed by atoms with Crippen LogP contribution in [0, 0.1) is 0 Å². The number of carbonyl (C=O) groups excluding carboxylic acids is 1. The van der Waals surface area contributed by atoms with Crippen LogP contribution >= 0.6 is 0 Å². The van der Waals surface area contributed by atoms with Crippen molar-refractivity contribution in [3.05, 3.63) is 82.7 Å². The molecule has 7 nitrogen and oxygen atoms in total. The molecular formula is C29H36N4O3. The molecule has 1 amide bonds. The Morgan fingerprint density at radius 2 is 1.94 bits per heavy atom. The average molecular weight is 489 g/mol. The standard InChI is InChI=1S/C29H36N4O3/c1-36-25-13-5-10-23(18-25)19-33-27-14-17-31(15-6-11-22-8-3-2-4-9-22)21-26(27)28(30-33)29(35)32-16-7-12-24(34)20-32/h2-5,8-10,13,18,24,34H,6-7,11-12,14-17,19-21H2,1H3/t24-/m1/s1. The van der Waals surface area contributed by atoms with Gasteiger partial charge in [-0.25, -0.2) is 0 Å². The second-order valence-corrected chi connectivity index (χ2v) is 9.95. The molecule has 3 aromatic rings. The highest BCUT2D eigenvalue weighted by atomic mass is 16.5. The Hall–Kier alpha value is -3.16. The molecule has 1 saturated heterocycles. The smallest absolute Gasteiger partial charge is 0.274 e. The van der Waals surface area contributed by atoms with Crippen molar-refractivity contribution < 1.29 is 14.6 Å². The van der Waals surface area contributed by atoms with E-state index in [1.54, 1.807) is 12.0 Å². The van der Waals surface area contributed by atoms with Gasteiger partial charge in [0.25, 0.3) is 5.91 Å². The monoisotopic (exact) mass is 488 g/mol. The molecule has 1 atom stereocenters. The van der Waals surface area contributed by atoms with Crippen molar-refractivity contribution in [2.45, 2.75) is 51.3 Å². The van der Waals surface area contributed by atoms with Gasteiger partial charge in [-0.05, 0) is 55.5 Å². The molecular weight excluding hydrogens is 452 g/mol. The number of hydrogen-bond acceptors (Lipinski definition) is 5. The Balaban J connectivity index is 1.36. The molecule has 3 heterocycles. The number of aliphatic hydroxyl groups is 1. The number of aryl methyl sites for hydroxylation is 1. The van der Waals surface area contributed by atoms with Crippen LogP contribution in [0.4, 0.5) is 0 Å². The van der Waals surface area contributed by atoms with Crippen molar-refractivity contribution in [2.24, 2.45) is 0 Å². The molecule has 1 aromatic heterocycles. The van der Waals surface area contributed by atoms with E-state index in [1.165, 1.54) is 5.56 Å². The summed E-state index contributed by atoms with van der Waals surface area (Å²) in [6.45, 7) is 4.35. The number of piperidine rings is 1. The SMILES string of the molecule is COc1cccc(Cn2nc(C(=O)N3CCC[C@@H](O)C3)c3c2CCN(CCCc2ccccc2)C3)c1. The van der Waals surface area contributed by atoms with E-state index in [0.717, 1.165) is 74.3 Å². The number of carbonyl (C=O) groups is 1. The predicted octanol–water partition coefficient (Wildman–Crippen LogP) is 3.53. The van der Waals surface area contributed by atoms with Gasteiger partial charge in [-0.3, -0.25) is 14.4 Å². The van der Waals surface area contributed by atoms with Gasteiger partial charge in [0, 0.05) is 43.9 Å². The number of nitrogens with zero attached hydrogens (tertiary/aromatic N) is 4. The lowest BCUT2D eigenvalue weighted by atomic mass is 10.0. The molecule has 1 fully saturated rings. The van der Waals surface area contributed by atoms with Crippen LogP contribution in [0.5, 0.6) is 5.75 Å². The zero-order valence-corrected chi connectivity index (χ0v) is 21.1. The van der Waals surface area contributed by atoms with E-state index in [0.29, 0.717) is 25.3 Å². The maximum Gasteiger partial charge on any atom is 0.274 e. The molecule has 2 aromatic carbocycles. The van der Waals surface area contributed by atoms with E-state index < -0.39 is 6.10 Å². The van der Waals surface area contributed by atoms with Gasteiger partial charge >= 0.3 is 0 Å². The topological polar surface area (TPSA) is 70.8 Å². The summed E-state index contributed by atoms with van der Waals surface area (Å²) in [4.78, 5) is 17.8. The van der Waals surface area contributed by atoms with Crippen LogP contribution < -0.4 is 4.74 Å². The molecule has 190 valence electrons. The quantitative estimate of drug-likeness (QED) is 0.525. The minimum absolute atomic E-state index is 0.0551. The number of ether oxygens (including phenoxy) is 1.